The zero-order valence-electron chi connectivity index (χ0n) is 9.36. The molecule has 0 saturated heterocycles. The molecule has 2 aromatic rings. The summed E-state index contributed by atoms with van der Waals surface area (Å²) in [6, 6.07) is 2.66. The first-order valence-electron chi connectivity index (χ1n) is 5.28. The van der Waals surface area contributed by atoms with Crippen molar-refractivity contribution in [1.29, 1.82) is 0 Å². The normalized spacial score (nSPS) is 10.6. The summed E-state index contributed by atoms with van der Waals surface area (Å²) >= 11 is 0. The number of nitrogens with one attached hydrogen (secondary N) is 2. The molecule has 2 rings (SSSR count). The van der Waals surface area contributed by atoms with Crippen LogP contribution >= 0.6 is 0 Å². The van der Waals surface area contributed by atoms with Gasteiger partial charge in [0.15, 0.2) is 0 Å². The molecule has 7 heteroatoms. The summed E-state index contributed by atoms with van der Waals surface area (Å²) in [5, 5.41) is 2.46. The minimum Gasteiger partial charge on any atom is -0.383 e. The highest BCUT2D eigenvalue weighted by molar-refractivity contribution is 5.33. The lowest BCUT2D eigenvalue weighted by Crippen LogP contribution is -2.17. The maximum Gasteiger partial charge on any atom is 0.266 e. The van der Waals surface area contributed by atoms with Gasteiger partial charge in [0.05, 0.1) is 0 Å². The van der Waals surface area contributed by atoms with E-state index in [2.05, 4.69) is 15.1 Å². The van der Waals surface area contributed by atoms with Crippen LogP contribution in [-0.4, -0.2) is 19.7 Å². The molecule has 7 nitrogen and oxygen atoms in total. The summed E-state index contributed by atoms with van der Waals surface area (Å²) in [5.74, 6) is 0.423. The Morgan fingerprint density at radius 3 is 2.71 bits per heavy atom. The third kappa shape index (κ3) is 2.27. The van der Waals surface area contributed by atoms with Gasteiger partial charge < -0.3 is 5.73 Å². The van der Waals surface area contributed by atoms with E-state index in [0.717, 1.165) is 6.42 Å². The molecule has 0 amide bonds. The van der Waals surface area contributed by atoms with E-state index in [1.54, 1.807) is 0 Å². The van der Waals surface area contributed by atoms with E-state index < -0.39 is 0 Å². The van der Waals surface area contributed by atoms with Gasteiger partial charge in [0.2, 0.25) is 5.95 Å². The molecule has 0 spiro atoms. The van der Waals surface area contributed by atoms with Crippen LogP contribution in [0.15, 0.2) is 21.7 Å². The van der Waals surface area contributed by atoms with Crippen LogP contribution in [0.5, 0.6) is 0 Å². The van der Waals surface area contributed by atoms with Crippen molar-refractivity contribution in [2.75, 3.05) is 5.73 Å². The lowest BCUT2D eigenvalue weighted by Gasteiger charge is -2.05. The maximum absolute atomic E-state index is 11.4. The number of aromatic amines is 2. The number of nitrogens with two attached hydrogens (primary N) is 1. The summed E-state index contributed by atoms with van der Waals surface area (Å²) in [5.41, 5.74) is 5.67. The summed E-state index contributed by atoms with van der Waals surface area (Å²) < 4.78 is 1.25. The number of aromatic nitrogens is 4. The Labute approximate surface area is 96.3 Å². The third-order valence-electron chi connectivity index (χ3n) is 2.26. The smallest absolute Gasteiger partial charge is 0.266 e. The van der Waals surface area contributed by atoms with Crippen molar-refractivity contribution in [3.8, 4) is 5.95 Å². The van der Waals surface area contributed by atoms with Crippen molar-refractivity contribution in [2.45, 2.75) is 19.8 Å². The van der Waals surface area contributed by atoms with Crippen LogP contribution in [0.2, 0.25) is 0 Å². The number of nitrogen functional groups attached to an aromatic ring is 1. The summed E-state index contributed by atoms with van der Waals surface area (Å²) in [4.78, 5) is 29.3. The molecular weight excluding hydrogens is 222 g/mol. The monoisotopic (exact) mass is 235 g/mol. The molecule has 0 bridgehead atoms. The van der Waals surface area contributed by atoms with Crippen molar-refractivity contribution in [2.24, 2.45) is 0 Å². The van der Waals surface area contributed by atoms with Crippen LogP contribution in [-0.2, 0) is 6.42 Å². The fraction of sp³-hybridized carbons (Fsp3) is 0.300. The molecule has 0 atom stereocenters. The van der Waals surface area contributed by atoms with Gasteiger partial charge in [0.1, 0.15) is 5.82 Å². The van der Waals surface area contributed by atoms with Gasteiger partial charge in [-0.05, 0) is 6.42 Å². The lowest BCUT2D eigenvalue weighted by atomic mass is 10.2. The zero-order valence-corrected chi connectivity index (χ0v) is 9.36. The first-order chi connectivity index (χ1) is 8.10. The van der Waals surface area contributed by atoms with Gasteiger partial charge in [-0.25, -0.2) is 9.67 Å². The van der Waals surface area contributed by atoms with Crippen LogP contribution in [0.4, 0.5) is 5.82 Å². The van der Waals surface area contributed by atoms with Crippen molar-refractivity contribution >= 4 is 5.82 Å². The fourth-order valence-corrected chi connectivity index (χ4v) is 1.57. The minimum absolute atomic E-state index is 0.201. The van der Waals surface area contributed by atoms with Gasteiger partial charge in [0.25, 0.3) is 11.1 Å². The summed E-state index contributed by atoms with van der Waals surface area (Å²) in [6.45, 7) is 1.99. The highest BCUT2D eigenvalue weighted by atomic mass is 16.1. The van der Waals surface area contributed by atoms with E-state index >= 15 is 0 Å². The second-order valence-corrected chi connectivity index (χ2v) is 3.69. The van der Waals surface area contributed by atoms with Crippen molar-refractivity contribution < 1.29 is 0 Å². The van der Waals surface area contributed by atoms with Gasteiger partial charge in [-0.1, -0.05) is 13.3 Å². The van der Waals surface area contributed by atoms with Crippen LogP contribution in [0.25, 0.3) is 5.95 Å². The highest BCUT2D eigenvalue weighted by Crippen LogP contribution is 2.04. The Balaban J connectivity index is 2.55. The third-order valence-corrected chi connectivity index (χ3v) is 2.26. The van der Waals surface area contributed by atoms with Crippen LogP contribution in [0, 0.1) is 0 Å². The Hall–Kier alpha value is -2.31. The molecule has 0 aliphatic heterocycles. The quantitative estimate of drug-likeness (QED) is 0.683. The molecule has 0 radical (unpaired) electrons. The molecule has 0 aliphatic carbocycles. The van der Waals surface area contributed by atoms with Crippen molar-refractivity contribution in [3.05, 3.63) is 38.5 Å². The molecule has 4 N–H and O–H groups in total. The molecule has 0 saturated carbocycles. The first-order valence-corrected chi connectivity index (χ1v) is 5.28. The zero-order chi connectivity index (χ0) is 12.4. The van der Waals surface area contributed by atoms with Gasteiger partial charge >= 0.3 is 0 Å². The highest BCUT2D eigenvalue weighted by Gasteiger charge is 2.07. The number of nitrogens with zero attached hydrogens (tertiary/aromatic N) is 2. The van der Waals surface area contributed by atoms with Gasteiger partial charge in [-0.2, -0.15) is 0 Å². The van der Waals surface area contributed by atoms with E-state index in [0.29, 0.717) is 12.1 Å². The lowest BCUT2D eigenvalue weighted by molar-refractivity contribution is 0.772. The molecule has 17 heavy (non-hydrogen) atoms. The molecule has 2 heterocycles. The molecule has 0 aliphatic rings. The average Bonchev–Trinajstić information content (AvgIpc) is 2.57. The van der Waals surface area contributed by atoms with Gasteiger partial charge in [-0.3, -0.25) is 19.7 Å². The van der Waals surface area contributed by atoms with E-state index in [9.17, 15) is 9.59 Å². The number of hydrogen-bond acceptors (Lipinski definition) is 4. The van der Waals surface area contributed by atoms with E-state index in [4.69, 9.17) is 5.73 Å². The number of anilines is 1. The number of rotatable bonds is 3. The van der Waals surface area contributed by atoms with E-state index in [1.165, 1.54) is 16.8 Å². The maximum atomic E-state index is 11.4. The number of aryl methyl sites for hydroxylation is 1. The molecule has 0 fully saturated rings. The second-order valence-electron chi connectivity index (χ2n) is 3.69. The van der Waals surface area contributed by atoms with Crippen molar-refractivity contribution in [1.82, 2.24) is 19.7 Å². The summed E-state index contributed by atoms with van der Waals surface area (Å²) in [6.07, 6.45) is 1.58. The van der Waals surface area contributed by atoms with Gasteiger partial charge in [0, 0.05) is 17.8 Å². The number of hydrogen-bond donors (Lipinski definition) is 3. The Morgan fingerprint density at radius 1 is 1.35 bits per heavy atom. The predicted octanol–water partition coefficient (Wildman–Crippen LogP) is -0.216. The van der Waals surface area contributed by atoms with Crippen LogP contribution in [0.3, 0.4) is 0 Å². The van der Waals surface area contributed by atoms with Crippen LogP contribution in [0.1, 0.15) is 19.0 Å². The Bertz CT molecular complexity index is 637. The standard InChI is InChI=1S/C10H13N5O2/c1-2-3-6-4-8(16)13-10(12-6)15-7(11)5-9(17)14-15/h4-5H,2-3,11H2,1H3,(H,14,17)(H,12,13,16). The molecule has 0 unspecified atom stereocenters. The summed E-state index contributed by atoms with van der Waals surface area (Å²) in [7, 11) is 0. The van der Waals surface area contributed by atoms with Crippen LogP contribution < -0.4 is 16.9 Å². The predicted molar refractivity (Wildman–Crippen MR) is 63.2 cm³/mol. The van der Waals surface area contributed by atoms with E-state index in [-0.39, 0.29) is 22.9 Å². The molecule has 0 aromatic carbocycles. The number of H-pyrrole nitrogens is 2. The van der Waals surface area contributed by atoms with E-state index in [1.807, 2.05) is 6.92 Å². The van der Waals surface area contributed by atoms with Gasteiger partial charge in [-0.15, -0.1) is 0 Å². The Kier molecular flexibility index (Phi) is 2.82. The molecule has 90 valence electrons. The van der Waals surface area contributed by atoms with Crippen molar-refractivity contribution in [3.63, 3.8) is 0 Å². The first kappa shape index (κ1) is 11.2. The molecule has 2 aromatic heterocycles. The topological polar surface area (TPSA) is 110 Å². The SMILES string of the molecule is CCCc1cc(=O)[nH]c(-n2[nH]c(=O)cc2N)n1. The second kappa shape index (κ2) is 4.28. The Morgan fingerprint density at radius 2 is 2.12 bits per heavy atom. The average molecular weight is 235 g/mol. The largest absolute Gasteiger partial charge is 0.383 e. The minimum atomic E-state index is -0.342. The molecular formula is C10H13N5O2. The fourth-order valence-electron chi connectivity index (χ4n) is 1.57.